The molecule has 1 N–H and O–H groups in total. The van der Waals surface area contributed by atoms with E-state index in [1.54, 1.807) is 0 Å². The summed E-state index contributed by atoms with van der Waals surface area (Å²) in [4.78, 5) is 0. The minimum atomic E-state index is -0.553. The van der Waals surface area contributed by atoms with Gasteiger partial charge in [0.25, 0.3) is 0 Å². The Morgan fingerprint density at radius 2 is 2.27 bits per heavy atom. The Morgan fingerprint density at radius 1 is 1.47 bits per heavy atom. The molecule has 1 saturated heterocycles. The largest absolute Gasteiger partial charge is 0.368 e. The lowest BCUT2D eigenvalue weighted by atomic mass is 9.76. The average molecular weight is 210 g/mol. The van der Waals surface area contributed by atoms with E-state index in [0.29, 0.717) is 6.61 Å². The Hall–Kier alpha value is -0.340. The van der Waals surface area contributed by atoms with Crippen LogP contribution in [0.1, 0.15) is 46.0 Å². The van der Waals surface area contributed by atoms with E-state index in [9.17, 15) is 5.11 Å². The quantitative estimate of drug-likeness (QED) is 0.710. The lowest BCUT2D eigenvalue weighted by Gasteiger charge is -2.28. The molecule has 0 bridgehead atoms. The van der Waals surface area contributed by atoms with Crippen molar-refractivity contribution in [3.63, 3.8) is 0 Å². The first-order valence-corrected chi connectivity index (χ1v) is 6.07. The van der Waals surface area contributed by atoms with Crippen LogP contribution in [0, 0.1) is 11.3 Å². The van der Waals surface area contributed by atoms with E-state index in [1.807, 2.05) is 0 Å². The fraction of sp³-hybridized carbons (Fsp3) is 0.846. The molecule has 2 aliphatic rings. The van der Waals surface area contributed by atoms with Crippen LogP contribution in [-0.4, -0.2) is 18.0 Å². The van der Waals surface area contributed by atoms with E-state index in [4.69, 9.17) is 4.74 Å². The molecule has 0 saturated carbocycles. The van der Waals surface area contributed by atoms with E-state index < -0.39 is 6.29 Å². The highest BCUT2D eigenvalue weighted by Gasteiger charge is 2.42. The monoisotopic (exact) mass is 210 g/mol. The Labute approximate surface area is 92.3 Å². The second-order valence-corrected chi connectivity index (χ2v) is 5.61. The predicted octanol–water partition coefficient (Wildman–Crippen LogP) is 2.87. The van der Waals surface area contributed by atoms with Gasteiger partial charge < -0.3 is 9.84 Å². The minimum Gasteiger partial charge on any atom is -0.368 e. The van der Waals surface area contributed by atoms with Crippen molar-refractivity contribution in [1.29, 1.82) is 0 Å². The van der Waals surface area contributed by atoms with E-state index in [2.05, 4.69) is 19.9 Å². The summed E-state index contributed by atoms with van der Waals surface area (Å²) in [5.74, 6) is 0.279. The first-order chi connectivity index (χ1) is 7.09. The van der Waals surface area contributed by atoms with Gasteiger partial charge in [0.1, 0.15) is 0 Å². The molecule has 0 amide bonds. The standard InChI is InChI=1S/C13H22O2/c1-13(2)9-15-12(14)11(13)8-10-6-4-3-5-7-10/h6,11-12,14H,3-5,7-9H2,1-2H3/t11-,12+/m1/s1. The van der Waals surface area contributed by atoms with Crippen LogP contribution in [0.25, 0.3) is 0 Å². The fourth-order valence-electron chi connectivity index (χ4n) is 2.66. The number of allylic oxidation sites excluding steroid dienone is 2. The highest BCUT2D eigenvalue weighted by atomic mass is 16.6. The summed E-state index contributed by atoms with van der Waals surface area (Å²) in [6.07, 6.45) is 7.92. The van der Waals surface area contributed by atoms with Gasteiger partial charge in [0, 0.05) is 5.92 Å². The van der Waals surface area contributed by atoms with Crippen molar-refractivity contribution in [3.05, 3.63) is 11.6 Å². The Kier molecular flexibility index (Phi) is 3.17. The van der Waals surface area contributed by atoms with Crippen molar-refractivity contribution in [2.24, 2.45) is 11.3 Å². The number of aliphatic hydroxyl groups is 1. The Bertz CT molecular complexity index is 255. The van der Waals surface area contributed by atoms with Gasteiger partial charge in [0.2, 0.25) is 0 Å². The van der Waals surface area contributed by atoms with Crippen LogP contribution in [0.5, 0.6) is 0 Å². The van der Waals surface area contributed by atoms with Crippen molar-refractivity contribution >= 4 is 0 Å². The molecular formula is C13H22O2. The molecule has 0 spiro atoms. The molecule has 0 aromatic heterocycles. The molecule has 2 heteroatoms. The minimum absolute atomic E-state index is 0.123. The number of hydrogen-bond acceptors (Lipinski definition) is 2. The van der Waals surface area contributed by atoms with E-state index in [0.717, 1.165) is 6.42 Å². The third-order valence-corrected chi connectivity index (χ3v) is 3.84. The molecule has 86 valence electrons. The fourth-order valence-corrected chi connectivity index (χ4v) is 2.66. The molecule has 2 rings (SSSR count). The first-order valence-electron chi connectivity index (χ1n) is 6.07. The zero-order valence-corrected chi connectivity index (χ0v) is 9.83. The van der Waals surface area contributed by atoms with Gasteiger partial charge >= 0.3 is 0 Å². The molecule has 2 nitrogen and oxygen atoms in total. The molecule has 0 unspecified atom stereocenters. The summed E-state index contributed by atoms with van der Waals surface area (Å²) >= 11 is 0. The van der Waals surface area contributed by atoms with Gasteiger partial charge in [-0.3, -0.25) is 0 Å². The maximum atomic E-state index is 9.81. The molecule has 1 fully saturated rings. The van der Waals surface area contributed by atoms with E-state index >= 15 is 0 Å². The first kappa shape index (κ1) is 11.2. The highest BCUT2D eigenvalue weighted by molar-refractivity contribution is 5.08. The SMILES string of the molecule is CC1(C)CO[C@H](O)[C@H]1CC1=CCCCC1. The predicted molar refractivity (Wildman–Crippen MR) is 60.4 cm³/mol. The van der Waals surface area contributed by atoms with Crippen LogP contribution in [0.4, 0.5) is 0 Å². The summed E-state index contributed by atoms with van der Waals surface area (Å²) in [6.45, 7) is 5.07. The van der Waals surface area contributed by atoms with Crippen molar-refractivity contribution < 1.29 is 9.84 Å². The second kappa shape index (κ2) is 4.26. The molecule has 1 aliphatic heterocycles. The summed E-state index contributed by atoms with van der Waals surface area (Å²) in [6, 6.07) is 0. The molecule has 1 heterocycles. The van der Waals surface area contributed by atoms with Crippen LogP contribution in [0.15, 0.2) is 11.6 Å². The van der Waals surface area contributed by atoms with Crippen molar-refractivity contribution in [2.45, 2.75) is 52.2 Å². The number of hydrogen-bond donors (Lipinski definition) is 1. The Balaban J connectivity index is 2.00. The molecule has 0 aromatic rings. The van der Waals surface area contributed by atoms with E-state index in [1.165, 1.54) is 31.3 Å². The number of rotatable bonds is 2. The number of aliphatic hydroxyl groups excluding tert-OH is 1. The van der Waals surface area contributed by atoms with Crippen LogP contribution < -0.4 is 0 Å². The van der Waals surface area contributed by atoms with Gasteiger partial charge in [-0.1, -0.05) is 25.5 Å². The van der Waals surface area contributed by atoms with Crippen LogP contribution in [0.3, 0.4) is 0 Å². The lowest BCUT2D eigenvalue weighted by molar-refractivity contribution is -0.0823. The zero-order chi connectivity index (χ0) is 10.9. The van der Waals surface area contributed by atoms with Crippen LogP contribution >= 0.6 is 0 Å². The molecule has 2 atom stereocenters. The highest BCUT2D eigenvalue weighted by Crippen LogP contribution is 2.41. The maximum absolute atomic E-state index is 9.81. The maximum Gasteiger partial charge on any atom is 0.158 e. The number of ether oxygens (including phenoxy) is 1. The summed E-state index contributed by atoms with van der Waals surface area (Å²) in [7, 11) is 0. The van der Waals surface area contributed by atoms with Crippen molar-refractivity contribution in [3.8, 4) is 0 Å². The van der Waals surface area contributed by atoms with Crippen molar-refractivity contribution in [2.75, 3.05) is 6.61 Å². The smallest absolute Gasteiger partial charge is 0.158 e. The second-order valence-electron chi connectivity index (χ2n) is 5.61. The lowest BCUT2D eigenvalue weighted by Crippen LogP contribution is -2.27. The summed E-state index contributed by atoms with van der Waals surface area (Å²) in [5, 5.41) is 9.81. The van der Waals surface area contributed by atoms with Gasteiger partial charge in [-0.25, -0.2) is 0 Å². The normalized spacial score (nSPS) is 35.3. The third-order valence-electron chi connectivity index (χ3n) is 3.84. The zero-order valence-electron chi connectivity index (χ0n) is 9.83. The molecular weight excluding hydrogens is 188 g/mol. The molecule has 0 aromatic carbocycles. The van der Waals surface area contributed by atoms with Crippen molar-refractivity contribution in [1.82, 2.24) is 0 Å². The van der Waals surface area contributed by atoms with Crippen LogP contribution in [-0.2, 0) is 4.74 Å². The summed E-state index contributed by atoms with van der Waals surface area (Å²) in [5.41, 5.74) is 1.65. The third kappa shape index (κ3) is 2.43. The van der Waals surface area contributed by atoms with Gasteiger partial charge in [0.05, 0.1) is 6.61 Å². The molecule has 1 aliphatic carbocycles. The van der Waals surface area contributed by atoms with Gasteiger partial charge in [-0.2, -0.15) is 0 Å². The summed E-state index contributed by atoms with van der Waals surface area (Å²) < 4.78 is 5.35. The Morgan fingerprint density at radius 3 is 2.80 bits per heavy atom. The van der Waals surface area contributed by atoms with Gasteiger partial charge in [-0.05, 0) is 37.5 Å². The molecule has 15 heavy (non-hydrogen) atoms. The molecule has 0 radical (unpaired) electrons. The average Bonchev–Trinajstić information content (AvgIpc) is 2.47. The van der Waals surface area contributed by atoms with E-state index in [-0.39, 0.29) is 11.3 Å². The van der Waals surface area contributed by atoms with Crippen LogP contribution in [0.2, 0.25) is 0 Å². The van der Waals surface area contributed by atoms with Gasteiger partial charge in [0.15, 0.2) is 6.29 Å². The topological polar surface area (TPSA) is 29.5 Å². The van der Waals surface area contributed by atoms with Gasteiger partial charge in [-0.15, -0.1) is 0 Å².